The van der Waals surface area contributed by atoms with Crippen molar-refractivity contribution in [1.29, 1.82) is 5.26 Å². The van der Waals surface area contributed by atoms with Crippen molar-refractivity contribution in [3.05, 3.63) is 76.8 Å². The highest BCUT2D eigenvalue weighted by Gasteiger charge is 2.08. The van der Waals surface area contributed by atoms with E-state index in [9.17, 15) is 4.79 Å². The normalized spacial score (nSPS) is 9.92. The van der Waals surface area contributed by atoms with Crippen LogP contribution >= 0.6 is 11.6 Å². The molecule has 0 radical (unpaired) electrons. The summed E-state index contributed by atoms with van der Waals surface area (Å²) in [6.45, 7) is 0. The first kappa shape index (κ1) is 16.4. The number of amides is 1. The van der Waals surface area contributed by atoms with Crippen LogP contribution in [-0.2, 0) is 0 Å². The van der Waals surface area contributed by atoms with E-state index in [2.05, 4.69) is 26.9 Å². The molecule has 0 saturated carbocycles. The lowest BCUT2D eigenvalue weighted by Gasteiger charge is -2.08. The van der Waals surface area contributed by atoms with Crippen LogP contribution in [0, 0.1) is 11.3 Å². The highest BCUT2D eigenvalue weighted by Crippen LogP contribution is 2.19. The van der Waals surface area contributed by atoms with Crippen LogP contribution in [-0.4, -0.2) is 16.1 Å². The van der Waals surface area contributed by atoms with Crippen LogP contribution in [0.5, 0.6) is 0 Å². The molecule has 2 N–H and O–H groups in total. The third-order valence-corrected chi connectivity index (χ3v) is 3.54. The lowest BCUT2D eigenvalue weighted by Crippen LogP contribution is -2.13. The molecular weight excluding hydrogens is 338 g/mol. The van der Waals surface area contributed by atoms with Gasteiger partial charge in [0, 0.05) is 10.6 Å². The van der Waals surface area contributed by atoms with E-state index in [1.807, 2.05) is 6.07 Å². The Hall–Kier alpha value is -3.43. The van der Waals surface area contributed by atoms with E-state index < -0.39 is 0 Å². The van der Waals surface area contributed by atoms with Crippen molar-refractivity contribution in [2.75, 3.05) is 10.6 Å². The molecule has 1 heterocycles. The Morgan fingerprint density at radius 2 is 1.76 bits per heavy atom. The quantitative estimate of drug-likeness (QED) is 0.743. The number of nitriles is 1. The molecule has 0 bridgehead atoms. The van der Waals surface area contributed by atoms with Gasteiger partial charge < -0.3 is 10.6 Å². The maximum atomic E-state index is 12.1. The molecule has 0 unspecified atom stereocenters. The highest BCUT2D eigenvalue weighted by atomic mass is 35.5. The van der Waals surface area contributed by atoms with Gasteiger partial charge in [-0.1, -0.05) is 29.8 Å². The van der Waals surface area contributed by atoms with Gasteiger partial charge in [-0.25, -0.2) is 0 Å². The first-order valence-corrected chi connectivity index (χ1v) is 7.70. The molecule has 122 valence electrons. The van der Waals surface area contributed by atoms with Crippen molar-refractivity contribution >= 4 is 34.8 Å². The van der Waals surface area contributed by atoms with Gasteiger partial charge in [0.25, 0.3) is 5.91 Å². The number of nitrogens with zero attached hydrogens (tertiary/aromatic N) is 3. The summed E-state index contributed by atoms with van der Waals surface area (Å²) in [5.74, 6) is 0.444. The summed E-state index contributed by atoms with van der Waals surface area (Å²) < 4.78 is 0. The van der Waals surface area contributed by atoms with Crippen molar-refractivity contribution in [2.45, 2.75) is 0 Å². The molecule has 0 spiro atoms. The Kier molecular flexibility index (Phi) is 4.88. The molecule has 25 heavy (non-hydrogen) atoms. The number of hydrogen-bond acceptors (Lipinski definition) is 5. The monoisotopic (exact) mass is 349 g/mol. The minimum absolute atomic E-state index is 0.309. The molecule has 0 aliphatic carbocycles. The number of aromatic nitrogens is 2. The van der Waals surface area contributed by atoms with Crippen molar-refractivity contribution in [1.82, 2.24) is 10.2 Å². The second-order valence-corrected chi connectivity index (χ2v) is 5.49. The molecule has 2 aromatic carbocycles. The van der Waals surface area contributed by atoms with Crippen molar-refractivity contribution in [3.63, 3.8) is 0 Å². The van der Waals surface area contributed by atoms with E-state index in [1.165, 1.54) is 0 Å². The van der Waals surface area contributed by atoms with Gasteiger partial charge >= 0.3 is 0 Å². The Bertz CT molecular complexity index is 950. The first-order chi connectivity index (χ1) is 12.2. The summed E-state index contributed by atoms with van der Waals surface area (Å²) in [6, 6.07) is 19.1. The summed E-state index contributed by atoms with van der Waals surface area (Å²) in [5.41, 5.74) is 1.57. The number of rotatable bonds is 4. The predicted octanol–water partition coefficient (Wildman–Crippen LogP) is 4.00. The minimum Gasteiger partial charge on any atom is -0.338 e. The molecule has 7 heteroatoms. The van der Waals surface area contributed by atoms with Crippen LogP contribution in [0.3, 0.4) is 0 Å². The number of carbonyl (C=O) groups excluding carboxylic acids is 1. The Balaban J connectivity index is 1.70. The zero-order chi connectivity index (χ0) is 17.6. The topological polar surface area (TPSA) is 90.7 Å². The fourth-order valence-corrected chi connectivity index (χ4v) is 2.30. The molecule has 0 aliphatic rings. The molecule has 0 fully saturated rings. The van der Waals surface area contributed by atoms with Gasteiger partial charge in [0.15, 0.2) is 11.6 Å². The van der Waals surface area contributed by atoms with E-state index in [0.29, 0.717) is 33.5 Å². The largest absolute Gasteiger partial charge is 0.338 e. The van der Waals surface area contributed by atoms with Gasteiger partial charge in [0.05, 0.1) is 11.3 Å². The molecular formula is C18H12ClN5O. The zero-order valence-corrected chi connectivity index (χ0v) is 13.7. The molecule has 3 aromatic rings. The minimum atomic E-state index is -0.327. The van der Waals surface area contributed by atoms with Crippen molar-refractivity contribution in [3.8, 4) is 6.07 Å². The van der Waals surface area contributed by atoms with E-state index in [0.717, 1.165) is 0 Å². The van der Waals surface area contributed by atoms with E-state index in [1.54, 1.807) is 54.6 Å². The van der Waals surface area contributed by atoms with Crippen molar-refractivity contribution in [2.24, 2.45) is 0 Å². The number of benzene rings is 2. The van der Waals surface area contributed by atoms with Crippen LogP contribution in [0.2, 0.25) is 5.02 Å². The van der Waals surface area contributed by atoms with E-state index >= 15 is 0 Å². The molecule has 0 atom stereocenters. The van der Waals surface area contributed by atoms with E-state index in [-0.39, 0.29) is 5.91 Å². The lowest BCUT2D eigenvalue weighted by atomic mass is 10.2. The van der Waals surface area contributed by atoms with Gasteiger partial charge in [0.2, 0.25) is 0 Å². The number of hydrogen-bond donors (Lipinski definition) is 2. The molecule has 3 rings (SSSR count). The standard InChI is InChI=1S/C18H12ClN5O/c19-14-6-3-5-12(10-14)18(25)22-17-9-8-16(23-24-17)21-15-7-2-1-4-13(15)11-20/h1-10H,(H,21,23)(H,22,24,25). The Labute approximate surface area is 149 Å². The fourth-order valence-electron chi connectivity index (χ4n) is 2.11. The summed E-state index contributed by atoms with van der Waals surface area (Å²) >= 11 is 5.88. The molecule has 1 aromatic heterocycles. The third kappa shape index (κ3) is 4.10. The first-order valence-electron chi connectivity index (χ1n) is 7.32. The summed E-state index contributed by atoms with van der Waals surface area (Å²) in [4.78, 5) is 12.1. The lowest BCUT2D eigenvalue weighted by molar-refractivity contribution is 0.102. The second kappa shape index (κ2) is 7.43. The fraction of sp³-hybridized carbons (Fsp3) is 0. The summed E-state index contributed by atoms with van der Waals surface area (Å²) in [6.07, 6.45) is 0. The molecule has 1 amide bonds. The summed E-state index contributed by atoms with van der Waals surface area (Å²) in [7, 11) is 0. The molecule has 0 aliphatic heterocycles. The molecule has 6 nitrogen and oxygen atoms in total. The third-order valence-electron chi connectivity index (χ3n) is 3.30. The van der Waals surface area contributed by atoms with Crippen LogP contribution in [0.1, 0.15) is 15.9 Å². The van der Waals surface area contributed by atoms with Crippen LogP contribution in [0.4, 0.5) is 17.3 Å². The average molecular weight is 350 g/mol. The maximum absolute atomic E-state index is 12.1. The van der Waals surface area contributed by atoms with Gasteiger partial charge in [-0.3, -0.25) is 4.79 Å². The number of carbonyl (C=O) groups is 1. The van der Waals surface area contributed by atoms with E-state index in [4.69, 9.17) is 16.9 Å². The smallest absolute Gasteiger partial charge is 0.256 e. The van der Waals surface area contributed by atoms with Gasteiger partial charge in [-0.05, 0) is 42.5 Å². The van der Waals surface area contributed by atoms with Gasteiger partial charge in [-0.2, -0.15) is 5.26 Å². The summed E-state index contributed by atoms with van der Waals surface area (Å²) in [5, 5.41) is 23.2. The number of para-hydroxylation sites is 1. The van der Waals surface area contributed by atoms with Gasteiger partial charge in [-0.15, -0.1) is 10.2 Å². The maximum Gasteiger partial charge on any atom is 0.256 e. The number of halogens is 1. The molecule has 0 saturated heterocycles. The van der Waals surface area contributed by atoms with Crippen LogP contribution in [0.15, 0.2) is 60.7 Å². The Morgan fingerprint density at radius 1 is 1.00 bits per heavy atom. The SMILES string of the molecule is N#Cc1ccccc1Nc1ccc(NC(=O)c2cccc(Cl)c2)nn1. The Morgan fingerprint density at radius 3 is 2.48 bits per heavy atom. The number of nitrogens with one attached hydrogen (secondary N) is 2. The van der Waals surface area contributed by atoms with Gasteiger partial charge in [0.1, 0.15) is 6.07 Å². The van der Waals surface area contributed by atoms with Crippen LogP contribution in [0.25, 0.3) is 0 Å². The van der Waals surface area contributed by atoms with Crippen LogP contribution < -0.4 is 10.6 Å². The highest BCUT2D eigenvalue weighted by molar-refractivity contribution is 6.31. The second-order valence-electron chi connectivity index (χ2n) is 5.05. The number of anilines is 3. The van der Waals surface area contributed by atoms with Crippen molar-refractivity contribution < 1.29 is 4.79 Å². The average Bonchev–Trinajstić information content (AvgIpc) is 2.64. The predicted molar refractivity (Wildman–Crippen MR) is 95.9 cm³/mol. The zero-order valence-electron chi connectivity index (χ0n) is 12.9.